The molecule has 6 nitrogen and oxygen atoms in total. The van der Waals surface area contributed by atoms with Crippen LogP contribution < -0.4 is 21.1 Å². The summed E-state index contributed by atoms with van der Waals surface area (Å²) in [6.45, 7) is 3.94. The van der Waals surface area contributed by atoms with Crippen LogP contribution in [0.1, 0.15) is 50.5 Å². The molecule has 0 radical (unpaired) electrons. The van der Waals surface area contributed by atoms with Gasteiger partial charge in [0, 0.05) is 38.6 Å². The fourth-order valence-corrected chi connectivity index (χ4v) is 5.69. The molecule has 2 heterocycles. The van der Waals surface area contributed by atoms with Gasteiger partial charge in [0.2, 0.25) is 5.91 Å². The minimum absolute atomic E-state index is 0.110. The molecule has 1 saturated carbocycles. The van der Waals surface area contributed by atoms with E-state index >= 15 is 0 Å². The first-order chi connectivity index (χ1) is 16.1. The molecule has 1 amide bonds. The van der Waals surface area contributed by atoms with Crippen LogP contribution in [0.3, 0.4) is 0 Å². The van der Waals surface area contributed by atoms with E-state index in [0.717, 1.165) is 64.6 Å². The summed E-state index contributed by atoms with van der Waals surface area (Å²) in [7, 11) is 0. The molecule has 0 bridgehead atoms. The van der Waals surface area contributed by atoms with E-state index in [1.807, 2.05) is 11.0 Å². The van der Waals surface area contributed by atoms with Crippen molar-refractivity contribution in [2.24, 2.45) is 11.8 Å². The minimum atomic E-state index is -0.367. The van der Waals surface area contributed by atoms with Gasteiger partial charge >= 0.3 is 0 Å². The number of carbonyl (C=O) groups excluding carboxylic acids is 1. The number of hydrogen-bond donors (Lipinski definition) is 1. The molecule has 0 atom stereocenters. The van der Waals surface area contributed by atoms with Crippen molar-refractivity contribution in [1.29, 1.82) is 0 Å². The number of amides is 1. The van der Waals surface area contributed by atoms with Gasteiger partial charge in [-0.3, -0.25) is 14.4 Å². The summed E-state index contributed by atoms with van der Waals surface area (Å²) in [5.41, 5.74) is 3.02. The Labute approximate surface area is 195 Å². The summed E-state index contributed by atoms with van der Waals surface area (Å²) < 4.78 is 0. The second-order valence-corrected chi connectivity index (χ2v) is 9.80. The summed E-state index contributed by atoms with van der Waals surface area (Å²) in [5, 5.41) is 3.29. The number of anilines is 2. The molecule has 1 saturated heterocycles. The van der Waals surface area contributed by atoms with Crippen LogP contribution in [0.5, 0.6) is 0 Å². The summed E-state index contributed by atoms with van der Waals surface area (Å²) in [4.78, 5) is 41.3. The Morgan fingerprint density at radius 3 is 2.33 bits per heavy atom. The Kier molecular flexibility index (Phi) is 6.34. The zero-order valence-electron chi connectivity index (χ0n) is 19.2. The largest absolute Gasteiger partial charge is 0.380 e. The Bertz CT molecular complexity index is 1090. The van der Waals surface area contributed by atoms with E-state index in [9.17, 15) is 14.4 Å². The average molecular weight is 448 g/mol. The lowest BCUT2D eigenvalue weighted by Crippen LogP contribution is -2.43. The van der Waals surface area contributed by atoms with Crippen molar-refractivity contribution < 1.29 is 4.79 Å². The molecule has 3 aliphatic rings. The summed E-state index contributed by atoms with van der Waals surface area (Å²) in [6.07, 6.45) is 9.05. The van der Waals surface area contributed by atoms with Crippen molar-refractivity contribution >= 4 is 22.9 Å². The Balaban J connectivity index is 1.10. The number of rotatable bonds is 6. The van der Waals surface area contributed by atoms with Gasteiger partial charge < -0.3 is 15.1 Å². The first-order valence-electron chi connectivity index (χ1n) is 12.5. The first kappa shape index (κ1) is 21.9. The summed E-state index contributed by atoms with van der Waals surface area (Å²) in [6, 6.07) is 10.4. The predicted molar refractivity (Wildman–Crippen MR) is 132 cm³/mol. The highest BCUT2D eigenvalue weighted by Gasteiger charge is 2.32. The molecule has 2 aromatic rings. The molecular weight excluding hydrogens is 414 g/mol. The molecule has 2 fully saturated rings. The lowest BCUT2D eigenvalue weighted by Gasteiger charge is -2.34. The third-order valence-electron chi connectivity index (χ3n) is 7.74. The maximum atomic E-state index is 13.1. The molecule has 174 valence electrons. The molecule has 0 aromatic heterocycles. The third kappa shape index (κ3) is 4.48. The van der Waals surface area contributed by atoms with Crippen LogP contribution in [0, 0.1) is 11.8 Å². The smallest absolute Gasteiger partial charge is 0.253 e. The van der Waals surface area contributed by atoms with Crippen LogP contribution in [0.2, 0.25) is 0 Å². The first-order valence-corrected chi connectivity index (χ1v) is 12.5. The number of nitrogens with one attached hydrogen (secondary N) is 1. The fraction of sp³-hybridized carbons (Fsp3) is 0.519. The van der Waals surface area contributed by atoms with Gasteiger partial charge in [-0.25, -0.2) is 0 Å². The molecule has 6 heteroatoms. The second kappa shape index (κ2) is 9.54. The molecule has 1 aliphatic carbocycles. The second-order valence-electron chi connectivity index (χ2n) is 9.80. The molecule has 1 N–H and O–H groups in total. The zero-order valence-corrected chi connectivity index (χ0v) is 19.2. The fourth-order valence-electron chi connectivity index (χ4n) is 5.69. The normalized spacial score (nSPS) is 23.6. The molecule has 0 unspecified atom stereocenters. The van der Waals surface area contributed by atoms with Crippen LogP contribution in [0.4, 0.5) is 11.4 Å². The van der Waals surface area contributed by atoms with Gasteiger partial charge in [-0.05, 0) is 62.0 Å². The molecule has 5 rings (SSSR count). The van der Waals surface area contributed by atoms with Gasteiger partial charge in [-0.2, -0.15) is 0 Å². The Morgan fingerprint density at radius 1 is 0.939 bits per heavy atom. The van der Waals surface area contributed by atoms with Crippen LogP contribution in [0.15, 0.2) is 46.0 Å². The van der Waals surface area contributed by atoms with E-state index in [-0.39, 0.29) is 16.8 Å². The van der Waals surface area contributed by atoms with E-state index in [1.165, 1.54) is 11.1 Å². The maximum Gasteiger partial charge on any atom is 0.253 e. The van der Waals surface area contributed by atoms with Crippen LogP contribution in [0.25, 0.3) is 5.57 Å². The lowest BCUT2D eigenvalue weighted by atomic mass is 9.81. The van der Waals surface area contributed by atoms with Crippen molar-refractivity contribution in [2.45, 2.75) is 44.9 Å². The van der Waals surface area contributed by atoms with E-state index in [0.29, 0.717) is 36.3 Å². The van der Waals surface area contributed by atoms with Crippen LogP contribution >= 0.6 is 0 Å². The van der Waals surface area contributed by atoms with Gasteiger partial charge in [0.1, 0.15) is 11.4 Å². The minimum Gasteiger partial charge on any atom is -0.380 e. The molecular formula is C27H33N3O3. The molecule has 2 aliphatic heterocycles. The van der Waals surface area contributed by atoms with E-state index in [1.54, 1.807) is 0 Å². The van der Waals surface area contributed by atoms with Gasteiger partial charge in [-0.1, -0.05) is 36.4 Å². The van der Waals surface area contributed by atoms with Crippen LogP contribution in [-0.2, 0) is 4.79 Å². The average Bonchev–Trinajstić information content (AvgIpc) is 3.40. The highest BCUT2D eigenvalue weighted by molar-refractivity contribution is 5.80. The van der Waals surface area contributed by atoms with Gasteiger partial charge in [0.05, 0.1) is 0 Å². The maximum absolute atomic E-state index is 13.1. The topological polar surface area (TPSA) is 69.7 Å². The van der Waals surface area contributed by atoms with Gasteiger partial charge in [-0.15, -0.1) is 0 Å². The van der Waals surface area contributed by atoms with Crippen molar-refractivity contribution in [2.75, 3.05) is 42.9 Å². The monoisotopic (exact) mass is 447 g/mol. The molecule has 0 spiro atoms. The number of benzene rings is 1. The zero-order chi connectivity index (χ0) is 22.8. The van der Waals surface area contributed by atoms with E-state index in [4.69, 9.17) is 0 Å². The highest BCUT2D eigenvalue weighted by atomic mass is 16.2. The summed E-state index contributed by atoms with van der Waals surface area (Å²) >= 11 is 0. The number of carbonyl (C=O) groups is 1. The lowest BCUT2D eigenvalue weighted by molar-refractivity contribution is -0.136. The van der Waals surface area contributed by atoms with E-state index in [2.05, 4.69) is 40.6 Å². The van der Waals surface area contributed by atoms with Gasteiger partial charge in [0.25, 0.3) is 10.9 Å². The SMILES string of the molecule is O=C(C1CCC(CNc2c(N3CCCC3)c(=O)c2=O)CC1)N1CC=C(c2ccccc2)CC1. The highest BCUT2D eigenvalue weighted by Crippen LogP contribution is 2.32. The predicted octanol–water partition coefficient (Wildman–Crippen LogP) is 3.42. The number of nitrogens with zero attached hydrogens (tertiary/aromatic N) is 2. The van der Waals surface area contributed by atoms with Gasteiger partial charge in [0.15, 0.2) is 0 Å². The summed E-state index contributed by atoms with van der Waals surface area (Å²) in [5.74, 6) is 0.846. The van der Waals surface area contributed by atoms with Crippen molar-refractivity contribution in [3.05, 3.63) is 62.4 Å². The van der Waals surface area contributed by atoms with Crippen molar-refractivity contribution in [3.8, 4) is 0 Å². The number of hydrogen-bond acceptors (Lipinski definition) is 5. The molecule has 33 heavy (non-hydrogen) atoms. The van der Waals surface area contributed by atoms with Crippen molar-refractivity contribution in [3.63, 3.8) is 0 Å². The standard InChI is InChI=1S/C27H33N3O3/c31-25-23(24(26(25)32)29-14-4-5-15-29)28-18-19-8-10-22(11-9-19)27(33)30-16-12-21(13-17-30)20-6-2-1-3-7-20/h1-3,6-7,12,19,22,28H,4-5,8-11,13-18H2. The quantitative estimate of drug-likeness (QED) is 0.688. The Hall–Kier alpha value is -2.89. The van der Waals surface area contributed by atoms with Crippen LogP contribution in [-0.4, -0.2) is 43.5 Å². The Morgan fingerprint density at radius 2 is 1.67 bits per heavy atom. The van der Waals surface area contributed by atoms with E-state index < -0.39 is 0 Å². The van der Waals surface area contributed by atoms with Crippen molar-refractivity contribution in [1.82, 2.24) is 4.90 Å². The third-order valence-corrected chi connectivity index (χ3v) is 7.74. The molecule has 2 aromatic carbocycles.